The van der Waals surface area contributed by atoms with E-state index in [1.165, 1.54) is 0 Å². The zero-order valence-electron chi connectivity index (χ0n) is 12.3. The predicted molar refractivity (Wildman–Crippen MR) is 79.9 cm³/mol. The molecule has 1 atom stereocenters. The van der Waals surface area contributed by atoms with E-state index in [9.17, 15) is 10.1 Å². The standard InChI is InChI=1S/C14H21N3O4/c1-10(2)21-13-5-3-4-12(14(13)17(18)19)16-6-7-20-11(8-15)9-16/h3-5,10-11H,6-9,15H2,1-2H3. The molecular formula is C14H21N3O4. The molecule has 1 aliphatic heterocycles. The van der Waals surface area contributed by atoms with Crippen molar-refractivity contribution in [1.29, 1.82) is 0 Å². The third kappa shape index (κ3) is 3.62. The van der Waals surface area contributed by atoms with Crippen LogP contribution >= 0.6 is 0 Å². The number of anilines is 1. The Bertz CT molecular complexity index is 507. The number of morpholine rings is 1. The lowest BCUT2D eigenvalue weighted by atomic mass is 10.2. The van der Waals surface area contributed by atoms with Crippen LogP contribution in [0, 0.1) is 10.1 Å². The third-order valence-electron chi connectivity index (χ3n) is 3.27. The predicted octanol–water partition coefficient (Wildman–Crippen LogP) is 1.55. The fourth-order valence-electron chi connectivity index (χ4n) is 2.38. The number of rotatable bonds is 5. The lowest BCUT2D eigenvalue weighted by Gasteiger charge is -2.33. The van der Waals surface area contributed by atoms with Gasteiger partial charge in [-0.2, -0.15) is 0 Å². The summed E-state index contributed by atoms with van der Waals surface area (Å²) in [5.41, 5.74) is 6.19. The molecule has 7 heteroatoms. The van der Waals surface area contributed by atoms with E-state index in [2.05, 4.69) is 0 Å². The van der Waals surface area contributed by atoms with E-state index in [0.29, 0.717) is 37.7 Å². The summed E-state index contributed by atoms with van der Waals surface area (Å²) in [4.78, 5) is 13.0. The van der Waals surface area contributed by atoms with E-state index < -0.39 is 0 Å². The van der Waals surface area contributed by atoms with E-state index in [-0.39, 0.29) is 22.8 Å². The highest BCUT2D eigenvalue weighted by atomic mass is 16.6. The van der Waals surface area contributed by atoms with Crippen molar-refractivity contribution in [2.45, 2.75) is 26.1 Å². The first-order valence-corrected chi connectivity index (χ1v) is 7.03. The Labute approximate surface area is 123 Å². The van der Waals surface area contributed by atoms with Crippen LogP contribution in [0.15, 0.2) is 18.2 Å². The van der Waals surface area contributed by atoms with E-state index in [4.69, 9.17) is 15.2 Å². The molecule has 0 aromatic heterocycles. The average molecular weight is 295 g/mol. The minimum absolute atomic E-state index is 0.00358. The van der Waals surface area contributed by atoms with Crippen molar-refractivity contribution in [1.82, 2.24) is 0 Å². The molecule has 1 aliphatic rings. The van der Waals surface area contributed by atoms with E-state index in [1.54, 1.807) is 18.2 Å². The van der Waals surface area contributed by atoms with Gasteiger partial charge in [0.2, 0.25) is 0 Å². The monoisotopic (exact) mass is 295 g/mol. The van der Waals surface area contributed by atoms with E-state index in [0.717, 1.165) is 0 Å². The van der Waals surface area contributed by atoms with Gasteiger partial charge in [0.05, 0.1) is 23.7 Å². The molecule has 1 saturated heterocycles. The van der Waals surface area contributed by atoms with Crippen LogP contribution in [0.3, 0.4) is 0 Å². The van der Waals surface area contributed by atoms with Gasteiger partial charge < -0.3 is 20.1 Å². The number of hydrogen-bond donors (Lipinski definition) is 1. The number of hydrogen-bond acceptors (Lipinski definition) is 6. The molecule has 1 aromatic rings. The Morgan fingerprint density at radius 2 is 2.33 bits per heavy atom. The van der Waals surface area contributed by atoms with Crippen LogP contribution in [0.4, 0.5) is 11.4 Å². The van der Waals surface area contributed by atoms with Crippen molar-refractivity contribution in [3.8, 4) is 5.75 Å². The molecule has 0 spiro atoms. The summed E-state index contributed by atoms with van der Waals surface area (Å²) in [5.74, 6) is 0.295. The summed E-state index contributed by atoms with van der Waals surface area (Å²) >= 11 is 0. The van der Waals surface area contributed by atoms with Crippen LogP contribution in [-0.4, -0.2) is 43.4 Å². The molecular weight excluding hydrogens is 274 g/mol. The van der Waals surface area contributed by atoms with Crippen molar-refractivity contribution in [3.05, 3.63) is 28.3 Å². The third-order valence-corrected chi connectivity index (χ3v) is 3.27. The highest BCUT2D eigenvalue weighted by Gasteiger charge is 2.28. The summed E-state index contributed by atoms with van der Waals surface area (Å²) in [7, 11) is 0. The van der Waals surface area contributed by atoms with Crippen LogP contribution in [0.25, 0.3) is 0 Å². The Hall–Kier alpha value is -1.86. The van der Waals surface area contributed by atoms with Gasteiger partial charge in [-0.3, -0.25) is 10.1 Å². The van der Waals surface area contributed by atoms with Gasteiger partial charge in [-0.05, 0) is 26.0 Å². The molecule has 0 radical (unpaired) electrons. The Balaban J connectivity index is 2.35. The smallest absolute Gasteiger partial charge is 0.333 e. The van der Waals surface area contributed by atoms with Crippen LogP contribution in [0.1, 0.15) is 13.8 Å². The molecule has 0 amide bonds. The molecule has 0 bridgehead atoms. The van der Waals surface area contributed by atoms with Gasteiger partial charge in [-0.15, -0.1) is 0 Å². The molecule has 116 valence electrons. The van der Waals surface area contributed by atoms with Crippen molar-refractivity contribution in [2.75, 3.05) is 31.1 Å². The van der Waals surface area contributed by atoms with Crippen molar-refractivity contribution in [3.63, 3.8) is 0 Å². The molecule has 1 fully saturated rings. The number of nitro benzene ring substituents is 1. The fourth-order valence-corrected chi connectivity index (χ4v) is 2.38. The van der Waals surface area contributed by atoms with E-state index in [1.807, 2.05) is 18.7 Å². The topological polar surface area (TPSA) is 90.9 Å². The number of para-hydroxylation sites is 1. The summed E-state index contributed by atoms with van der Waals surface area (Å²) in [6, 6.07) is 5.14. The highest BCUT2D eigenvalue weighted by Crippen LogP contribution is 2.38. The zero-order chi connectivity index (χ0) is 15.4. The van der Waals surface area contributed by atoms with Crippen LogP contribution in [-0.2, 0) is 4.74 Å². The second-order valence-corrected chi connectivity index (χ2v) is 5.22. The molecule has 1 heterocycles. The van der Waals surface area contributed by atoms with Crippen molar-refractivity contribution >= 4 is 11.4 Å². The Morgan fingerprint density at radius 3 is 2.95 bits per heavy atom. The SMILES string of the molecule is CC(C)Oc1cccc(N2CCOC(CN)C2)c1[N+](=O)[O-]. The quantitative estimate of drug-likeness (QED) is 0.654. The van der Waals surface area contributed by atoms with Gasteiger partial charge >= 0.3 is 5.69 Å². The maximum Gasteiger partial charge on any atom is 0.333 e. The molecule has 1 aromatic carbocycles. The molecule has 0 aliphatic carbocycles. The number of benzene rings is 1. The van der Waals surface area contributed by atoms with Crippen LogP contribution in [0.2, 0.25) is 0 Å². The second-order valence-electron chi connectivity index (χ2n) is 5.22. The maximum absolute atomic E-state index is 11.5. The number of nitro groups is 1. The molecule has 0 saturated carbocycles. The van der Waals surface area contributed by atoms with Gasteiger partial charge in [0, 0.05) is 19.6 Å². The minimum atomic E-state index is -0.389. The fraction of sp³-hybridized carbons (Fsp3) is 0.571. The van der Waals surface area contributed by atoms with Gasteiger partial charge in [-0.25, -0.2) is 0 Å². The second kappa shape index (κ2) is 6.73. The van der Waals surface area contributed by atoms with Gasteiger partial charge in [0.15, 0.2) is 5.75 Å². The molecule has 2 N–H and O–H groups in total. The molecule has 2 rings (SSSR count). The zero-order valence-corrected chi connectivity index (χ0v) is 12.3. The van der Waals surface area contributed by atoms with Crippen molar-refractivity contribution in [2.24, 2.45) is 5.73 Å². The van der Waals surface area contributed by atoms with Crippen molar-refractivity contribution < 1.29 is 14.4 Å². The summed E-state index contributed by atoms with van der Waals surface area (Å²) in [5, 5.41) is 11.5. The Morgan fingerprint density at radius 1 is 1.57 bits per heavy atom. The first kappa shape index (κ1) is 15.5. The van der Waals surface area contributed by atoms with E-state index >= 15 is 0 Å². The minimum Gasteiger partial charge on any atom is -0.484 e. The molecule has 7 nitrogen and oxygen atoms in total. The summed E-state index contributed by atoms with van der Waals surface area (Å²) in [6.45, 7) is 5.73. The first-order chi connectivity index (χ1) is 10.0. The number of nitrogens with zero attached hydrogens (tertiary/aromatic N) is 2. The molecule has 1 unspecified atom stereocenters. The van der Waals surface area contributed by atoms with Gasteiger partial charge in [0.1, 0.15) is 5.69 Å². The first-order valence-electron chi connectivity index (χ1n) is 7.03. The number of nitrogens with two attached hydrogens (primary N) is 1. The lowest BCUT2D eigenvalue weighted by Crippen LogP contribution is -2.45. The average Bonchev–Trinajstić information content (AvgIpc) is 2.46. The normalized spacial score (nSPS) is 18.9. The summed E-state index contributed by atoms with van der Waals surface area (Å²) < 4.78 is 11.1. The molecule has 21 heavy (non-hydrogen) atoms. The highest BCUT2D eigenvalue weighted by molar-refractivity contribution is 5.70. The van der Waals surface area contributed by atoms with Gasteiger partial charge in [-0.1, -0.05) is 6.07 Å². The number of ether oxygens (including phenoxy) is 2. The van der Waals surface area contributed by atoms with Crippen LogP contribution in [0.5, 0.6) is 5.75 Å². The lowest BCUT2D eigenvalue weighted by molar-refractivity contribution is -0.385. The summed E-state index contributed by atoms with van der Waals surface area (Å²) in [6.07, 6.45) is -0.228. The van der Waals surface area contributed by atoms with Crippen LogP contribution < -0.4 is 15.4 Å². The van der Waals surface area contributed by atoms with Gasteiger partial charge in [0.25, 0.3) is 0 Å². The maximum atomic E-state index is 11.5. The Kier molecular flexibility index (Phi) is 4.98. The largest absolute Gasteiger partial charge is 0.484 e.